The van der Waals surface area contributed by atoms with Crippen molar-refractivity contribution in [2.45, 2.75) is 29.5 Å². The van der Waals surface area contributed by atoms with Crippen molar-refractivity contribution in [3.8, 4) is 11.5 Å². The van der Waals surface area contributed by atoms with Gasteiger partial charge in [0.25, 0.3) is 0 Å². The first-order chi connectivity index (χ1) is 9.63. The van der Waals surface area contributed by atoms with Crippen LogP contribution in [0.4, 0.5) is 0 Å². The first-order valence-electron chi connectivity index (χ1n) is 7.13. The fourth-order valence-electron chi connectivity index (χ4n) is 3.94. The molecule has 0 spiro atoms. The Morgan fingerprint density at radius 2 is 1.95 bits per heavy atom. The van der Waals surface area contributed by atoms with E-state index in [0.717, 1.165) is 30.8 Å². The summed E-state index contributed by atoms with van der Waals surface area (Å²) in [6.45, 7) is 0.923. The number of nitrogens with two attached hydrogens (primary N) is 1. The highest BCUT2D eigenvalue weighted by Gasteiger charge is 2.68. The van der Waals surface area contributed by atoms with Crippen molar-refractivity contribution < 1.29 is 9.47 Å². The van der Waals surface area contributed by atoms with Crippen LogP contribution in [0.15, 0.2) is 12.1 Å². The number of hydrogen-bond acceptors (Lipinski definition) is 3. The molecule has 2 fully saturated rings. The van der Waals surface area contributed by atoms with Crippen molar-refractivity contribution >= 4 is 23.2 Å². The molecule has 0 aromatic heterocycles. The summed E-state index contributed by atoms with van der Waals surface area (Å²) in [6.07, 6.45) is 3.10. The third-order valence-corrected chi connectivity index (χ3v) is 6.00. The Morgan fingerprint density at radius 3 is 2.60 bits per heavy atom. The minimum Gasteiger partial charge on any atom is -0.454 e. The highest BCUT2D eigenvalue weighted by molar-refractivity contribution is 6.51. The average molecular weight is 314 g/mol. The fraction of sp³-hybridized carbons (Fsp3) is 0.600. The van der Waals surface area contributed by atoms with Crippen LogP contribution in [-0.2, 0) is 6.42 Å². The first-order valence-corrected chi connectivity index (χ1v) is 7.89. The number of benzene rings is 1. The molecule has 20 heavy (non-hydrogen) atoms. The Hall–Kier alpha value is -0.640. The summed E-state index contributed by atoms with van der Waals surface area (Å²) in [5.74, 6) is 2.91. The lowest BCUT2D eigenvalue weighted by atomic mass is 9.88. The van der Waals surface area contributed by atoms with Gasteiger partial charge in [0.1, 0.15) is 4.33 Å². The SMILES string of the molecule is NCCc1cc2c(cc1C1CCC3C1C3(Cl)Cl)OCO2. The van der Waals surface area contributed by atoms with E-state index in [1.807, 2.05) is 0 Å². The molecule has 1 aliphatic heterocycles. The molecule has 3 nitrogen and oxygen atoms in total. The van der Waals surface area contributed by atoms with Gasteiger partial charge in [-0.25, -0.2) is 0 Å². The molecule has 0 saturated heterocycles. The van der Waals surface area contributed by atoms with E-state index in [2.05, 4.69) is 12.1 Å². The molecule has 4 rings (SSSR count). The number of halogens is 2. The molecule has 5 heteroatoms. The van der Waals surface area contributed by atoms with E-state index in [-0.39, 0.29) is 0 Å². The number of rotatable bonds is 3. The van der Waals surface area contributed by atoms with E-state index < -0.39 is 4.33 Å². The van der Waals surface area contributed by atoms with Crippen molar-refractivity contribution in [2.75, 3.05) is 13.3 Å². The van der Waals surface area contributed by atoms with E-state index in [9.17, 15) is 0 Å². The maximum Gasteiger partial charge on any atom is 0.231 e. The highest BCUT2D eigenvalue weighted by atomic mass is 35.5. The zero-order valence-electron chi connectivity index (χ0n) is 11.1. The van der Waals surface area contributed by atoms with Gasteiger partial charge >= 0.3 is 0 Å². The summed E-state index contributed by atoms with van der Waals surface area (Å²) in [6, 6.07) is 4.19. The van der Waals surface area contributed by atoms with Crippen LogP contribution in [0.2, 0.25) is 0 Å². The summed E-state index contributed by atoms with van der Waals surface area (Å²) in [4.78, 5) is 0. The van der Waals surface area contributed by atoms with E-state index in [1.54, 1.807) is 0 Å². The maximum absolute atomic E-state index is 6.39. The molecule has 2 N–H and O–H groups in total. The zero-order valence-corrected chi connectivity index (χ0v) is 12.6. The Balaban J connectivity index is 1.73. The molecular formula is C15H17Cl2NO2. The zero-order chi connectivity index (χ0) is 13.9. The molecule has 0 amide bonds. The predicted molar refractivity (Wildman–Crippen MR) is 78.7 cm³/mol. The van der Waals surface area contributed by atoms with Crippen LogP contribution in [0.1, 0.15) is 29.9 Å². The normalized spacial score (nSPS) is 32.2. The van der Waals surface area contributed by atoms with E-state index in [4.69, 9.17) is 38.4 Å². The lowest BCUT2D eigenvalue weighted by Gasteiger charge is -2.20. The van der Waals surface area contributed by atoms with E-state index in [0.29, 0.717) is 31.1 Å². The van der Waals surface area contributed by atoms with Gasteiger partial charge in [0.05, 0.1) is 0 Å². The molecule has 3 atom stereocenters. The Morgan fingerprint density at radius 1 is 1.20 bits per heavy atom. The van der Waals surface area contributed by atoms with Crippen molar-refractivity contribution in [2.24, 2.45) is 17.6 Å². The lowest BCUT2D eigenvalue weighted by Crippen LogP contribution is -2.11. The second kappa shape index (κ2) is 4.43. The van der Waals surface area contributed by atoms with Crippen LogP contribution < -0.4 is 15.2 Å². The van der Waals surface area contributed by atoms with Crippen LogP contribution in [0.25, 0.3) is 0 Å². The first kappa shape index (κ1) is 13.1. The second-order valence-corrected chi connectivity index (χ2v) is 7.38. The van der Waals surface area contributed by atoms with Gasteiger partial charge in [-0.05, 0) is 60.9 Å². The maximum atomic E-state index is 6.39. The third kappa shape index (κ3) is 1.76. The molecule has 3 unspecified atom stereocenters. The Bertz CT molecular complexity index is 561. The fourth-order valence-corrected chi connectivity index (χ4v) is 4.91. The summed E-state index contributed by atoms with van der Waals surface area (Å²) >= 11 is 12.8. The van der Waals surface area contributed by atoms with Crippen molar-refractivity contribution in [1.29, 1.82) is 0 Å². The minimum atomic E-state index is -0.528. The number of ether oxygens (including phenoxy) is 2. The van der Waals surface area contributed by atoms with Crippen LogP contribution in [-0.4, -0.2) is 17.7 Å². The second-order valence-electron chi connectivity index (χ2n) is 5.93. The predicted octanol–water partition coefficient (Wildman–Crippen LogP) is 3.21. The number of alkyl halides is 2. The summed E-state index contributed by atoms with van der Waals surface area (Å²) in [5.41, 5.74) is 8.30. The van der Waals surface area contributed by atoms with Gasteiger partial charge in [0, 0.05) is 5.92 Å². The molecule has 1 aromatic rings. The van der Waals surface area contributed by atoms with Gasteiger partial charge in [0.2, 0.25) is 6.79 Å². The van der Waals surface area contributed by atoms with Crippen molar-refractivity contribution in [3.63, 3.8) is 0 Å². The van der Waals surface area contributed by atoms with Gasteiger partial charge in [-0.1, -0.05) is 0 Å². The molecule has 2 saturated carbocycles. The van der Waals surface area contributed by atoms with Gasteiger partial charge < -0.3 is 15.2 Å². The standard InChI is InChI=1S/C15H17Cl2NO2/c16-15(17)11-2-1-9(14(11)15)10-6-13-12(19-7-20-13)5-8(10)3-4-18/h5-6,9,11,14H,1-4,7,18H2. The molecule has 0 bridgehead atoms. The van der Waals surface area contributed by atoms with E-state index >= 15 is 0 Å². The topological polar surface area (TPSA) is 44.5 Å². The minimum absolute atomic E-state index is 0.298. The Labute approximate surface area is 128 Å². The smallest absolute Gasteiger partial charge is 0.231 e. The monoisotopic (exact) mass is 313 g/mol. The lowest BCUT2D eigenvalue weighted by molar-refractivity contribution is 0.174. The molecular weight excluding hydrogens is 297 g/mol. The van der Waals surface area contributed by atoms with Crippen LogP contribution in [0, 0.1) is 11.8 Å². The van der Waals surface area contributed by atoms with Gasteiger partial charge in [0.15, 0.2) is 11.5 Å². The average Bonchev–Trinajstić information content (AvgIpc) is 2.85. The molecule has 1 heterocycles. The molecule has 1 aromatic carbocycles. The molecule has 3 aliphatic rings. The Kier molecular flexibility index (Phi) is 2.89. The van der Waals surface area contributed by atoms with Gasteiger partial charge in [-0.15, -0.1) is 23.2 Å². The van der Waals surface area contributed by atoms with Crippen molar-refractivity contribution in [1.82, 2.24) is 0 Å². The van der Waals surface area contributed by atoms with E-state index in [1.165, 1.54) is 11.1 Å². The number of fused-ring (bicyclic) bond motifs is 2. The van der Waals surface area contributed by atoms with Crippen LogP contribution in [0.5, 0.6) is 11.5 Å². The molecule has 2 aliphatic carbocycles. The quantitative estimate of drug-likeness (QED) is 0.871. The van der Waals surface area contributed by atoms with Crippen molar-refractivity contribution in [3.05, 3.63) is 23.3 Å². The highest BCUT2D eigenvalue weighted by Crippen LogP contribution is 2.72. The third-order valence-electron chi connectivity index (χ3n) is 4.93. The largest absolute Gasteiger partial charge is 0.454 e. The summed E-state index contributed by atoms with van der Waals surface area (Å²) in [5, 5.41) is 0. The molecule has 0 radical (unpaired) electrons. The molecule has 108 valence electrons. The van der Waals surface area contributed by atoms with Crippen LogP contribution in [0.3, 0.4) is 0 Å². The summed E-state index contributed by atoms with van der Waals surface area (Å²) in [7, 11) is 0. The van der Waals surface area contributed by atoms with Crippen LogP contribution >= 0.6 is 23.2 Å². The summed E-state index contributed by atoms with van der Waals surface area (Å²) < 4.78 is 10.5. The number of hydrogen-bond donors (Lipinski definition) is 1. The van der Waals surface area contributed by atoms with Gasteiger partial charge in [-0.2, -0.15) is 0 Å². The van der Waals surface area contributed by atoms with Gasteiger partial charge in [-0.3, -0.25) is 0 Å².